The average molecular weight is 300 g/mol. The van der Waals surface area contributed by atoms with Gasteiger partial charge in [-0.1, -0.05) is 23.2 Å². The predicted octanol–water partition coefficient (Wildman–Crippen LogP) is 3.98. The Morgan fingerprint density at radius 1 is 1.26 bits per heavy atom. The third-order valence-electron chi connectivity index (χ3n) is 2.45. The molecular weight excluding hydrogens is 292 g/mol. The van der Waals surface area contributed by atoms with Crippen molar-refractivity contribution in [2.75, 3.05) is 7.11 Å². The van der Waals surface area contributed by atoms with Crippen LogP contribution in [0.25, 0.3) is 11.3 Å². The topological polar surface area (TPSA) is 39.2 Å². The second-order valence-electron chi connectivity index (χ2n) is 3.65. The number of aromatic nitrogens is 1. The maximum absolute atomic E-state index is 12.9. The van der Waals surface area contributed by atoms with Crippen LogP contribution in [0.5, 0.6) is 0 Å². The van der Waals surface area contributed by atoms with Crippen LogP contribution in [-0.2, 0) is 4.74 Å². The van der Waals surface area contributed by atoms with Crippen molar-refractivity contribution in [3.05, 3.63) is 51.9 Å². The van der Waals surface area contributed by atoms with E-state index in [4.69, 9.17) is 23.2 Å². The summed E-state index contributed by atoms with van der Waals surface area (Å²) in [5, 5.41) is 0.215. The number of nitrogens with zero attached hydrogens (tertiary/aromatic N) is 1. The van der Waals surface area contributed by atoms with Gasteiger partial charge < -0.3 is 4.74 Å². The van der Waals surface area contributed by atoms with Gasteiger partial charge in [-0.25, -0.2) is 14.2 Å². The zero-order valence-electron chi connectivity index (χ0n) is 9.78. The number of esters is 1. The highest BCUT2D eigenvalue weighted by Gasteiger charge is 2.18. The number of carbonyl (C=O) groups excluding carboxylic acids is 1. The third-order valence-corrected chi connectivity index (χ3v) is 3.03. The lowest BCUT2D eigenvalue weighted by Gasteiger charge is -2.08. The fraction of sp³-hybridized carbons (Fsp3) is 0.0769. The van der Waals surface area contributed by atoms with Crippen molar-refractivity contribution in [1.82, 2.24) is 4.98 Å². The fourth-order valence-corrected chi connectivity index (χ4v) is 2.03. The Hall–Kier alpha value is -1.65. The lowest BCUT2D eigenvalue weighted by molar-refractivity contribution is 0.0601. The maximum atomic E-state index is 12.9. The first-order valence-electron chi connectivity index (χ1n) is 5.23. The molecule has 0 N–H and O–H groups in total. The molecule has 3 nitrogen and oxygen atoms in total. The number of pyridine rings is 1. The molecular formula is C13H8Cl2FNO2. The molecule has 0 unspecified atom stereocenters. The molecule has 2 aromatic rings. The molecule has 6 heteroatoms. The number of hydrogen-bond acceptors (Lipinski definition) is 3. The standard InChI is InChI=1S/C13H8Cl2FNO2/c1-19-13(18)9-6-10(14)17-12(11(9)15)7-2-4-8(16)5-3-7/h2-6H,1H3. The molecule has 0 spiro atoms. The molecule has 1 aromatic carbocycles. The summed E-state index contributed by atoms with van der Waals surface area (Å²) >= 11 is 12.0. The number of hydrogen-bond donors (Lipinski definition) is 0. The van der Waals surface area contributed by atoms with Gasteiger partial charge in [0.2, 0.25) is 0 Å². The Bertz CT molecular complexity index is 629. The van der Waals surface area contributed by atoms with Crippen LogP contribution in [-0.4, -0.2) is 18.1 Å². The number of rotatable bonds is 2. The molecule has 1 aromatic heterocycles. The second kappa shape index (κ2) is 5.55. The van der Waals surface area contributed by atoms with Gasteiger partial charge in [-0.2, -0.15) is 0 Å². The van der Waals surface area contributed by atoms with Gasteiger partial charge in [0.05, 0.1) is 23.4 Å². The number of carbonyl (C=O) groups is 1. The van der Waals surface area contributed by atoms with E-state index >= 15 is 0 Å². The molecule has 0 amide bonds. The minimum absolute atomic E-state index is 0.101. The Kier molecular flexibility index (Phi) is 4.02. The number of methoxy groups -OCH3 is 1. The molecule has 0 aliphatic carbocycles. The fourth-order valence-electron chi connectivity index (χ4n) is 1.56. The second-order valence-corrected chi connectivity index (χ2v) is 4.42. The van der Waals surface area contributed by atoms with Crippen molar-refractivity contribution in [2.24, 2.45) is 0 Å². The van der Waals surface area contributed by atoms with Crippen molar-refractivity contribution >= 4 is 29.2 Å². The molecule has 0 saturated heterocycles. The van der Waals surface area contributed by atoms with Crippen LogP contribution in [0.1, 0.15) is 10.4 Å². The van der Waals surface area contributed by atoms with Crippen LogP contribution < -0.4 is 0 Å². The predicted molar refractivity (Wildman–Crippen MR) is 71.0 cm³/mol. The quantitative estimate of drug-likeness (QED) is 0.622. The molecule has 0 fully saturated rings. The van der Waals surface area contributed by atoms with Crippen molar-refractivity contribution in [2.45, 2.75) is 0 Å². The zero-order valence-corrected chi connectivity index (χ0v) is 11.3. The van der Waals surface area contributed by atoms with Gasteiger partial charge in [0, 0.05) is 5.56 Å². The smallest absolute Gasteiger partial charge is 0.339 e. The van der Waals surface area contributed by atoms with Crippen LogP contribution in [0.3, 0.4) is 0 Å². The summed E-state index contributed by atoms with van der Waals surface area (Å²) in [7, 11) is 1.24. The molecule has 0 aliphatic heterocycles. The molecule has 0 atom stereocenters. The summed E-state index contributed by atoms with van der Waals surface area (Å²) in [6.45, 7) is 0. The largest absolute Gasteiger partial charge is 0.465 e. The average Bonchev–Trinajstić information content (AvgIpc) is 2.41. The molecule has 1 heterocycles. The maximum Gasteiger partial charge on any atom is 0.339 e. The van der Waals surface area contributed by atoms with Gasteiger partial charge >= 0.3 is 5.97 Å². The summed E-state index contributed by atoms with van der Waals surface area (Å²) in [6, 6.07) is 6.86. The highest BCUT2D eigenvalue weighted by atomic mass is 35.5. The van der Waals surface area contributed by atoms with Gasteiger partial charge in [0.25, 0.3) is 0 Å². The van der Waals surface area contributed by atoms with E-state index in [-0.39, 0.29) is 21.6 Å². The first kappa shape index (κ1) is 13.8. The summed E-state index contributed by atoms with van der Waals surface area (Å²) in [5.41, 5.74) is 0.970. The molecule has 0 bridgehead atoms. The van der Waals surface area contributed by atoms with E-state index in [1.165, 1.54) is 37.4 Å². The SMILES string of the molecule is COC(=O)c1cc(Cl)nc(-c2ccc(F)cc2)c1Cl. The number of halogens is 3. The summed E-state index contributed by atoms with van der Waals surface area (Å²) in [6.07, 6.45) is 0. The van der Waals surface area contributed by atoms with E-state index in [0.29, 0.717) is 11.3 Å². The van der Waals surface area contributed by atoms with Crippen molar-refractivity contribution in [3.63, 3.8) is 0 Å². The van der Waals surface area contributed by atoms with Crippen molar-refractivity contribution < 1.29 is 13.9 Å². The van der Waals surface area contributed by atoms with E-state index in [1.54, 1.807) is 0 Å². The number of ether oxygens (including phenoxy) is 1. The lowest BCUT2D eigenvalue weighted by Crippen LogP contribution is -2.04. The van der Waals surface area contributed by atoms with E-state index < -0.39 is 5.97 Å². The van der Waals surface area contributed by atoms with E-state index in [9.17, 15) is 9.18 Å². The van der Waals surface area contributed by atoms with Crippen molar-refractivity contribution in [1.29, 1.82) is 0 Å². The molecule has 19 heavy (non-hydrogen) atoms. The molecule has 0 saturated carbocycles. The minimum Gasteiger partial charge on any atom is -0.465 e. The molecule has 0 radical (unpaired) electrons. The van der Waals surface area contributed by atoms with Gasteiger partial charge in [-0.15, -0.1) is 0 Å². The highest BCUT2D eigenvalue weighted by Crippen LogP contribution is 2.31. The van der Waals surface area contributed by atoms with Gasteiger partial charge in [0.15, 0.2) is 0 Å². The molecule has 98 valence electrons. The summed E-state index contributed by atoms with van der Waals surface area (Å²) < 4.78 is 17.5. The van der Waals surface area contributed by atoms with Crippen LogP contribution in [0.15, 0.2) is 30.3 Å². The molecule has 0 aliphatic rings. The lowest BCUT2D eigenvalue weighted by atomic mass is 10.1. The van der Waals surface area contributed by atoms with E-state index in [2.05, 4.69) is 9.72 Å². The zero-order chi connectivity index (χ0) is 14.0. The van der Waals surface area contributed by atoms with Crippen LogP contribution >= 0.6 is 23.2 Å². The first-order valence-corrected chi connectivity index (χ1v) is 5.99. The Morgan fingerprint density at radius 3 is 2.47 bits per heavy atom. The summed E-state index contributed by atoms with van der Waals surface area (Å²) in [5.74, 6) is -0.993. The Morgan fingerprint density at radius 2 is 1.89 bits per heavy atom. The van der Waals surface area contributed by atoms with E-state index in [1.807, 2.05) is 0 Å². The van der Waals surface area contributed by atoms with E-state index in [0.717, 1.165) is 0 Å². The third kappa shape index (κ3) is 2.85. The van der Waals surface area contributed by atoms with Gasteiger partial charge in [-0.05, 0) is 30.3 Å². The first-order chi connectivity index (χ1) is 9.02. The Balaban J connectivity index is 2.60. The monoisotopic (exact) mass is 299 g/mol. The normalized spacial score (nSPS) is 10.3. The molecule has 2 rings (SSSR count). The Labute approximate surface area is 118 Å². The van der Waals surface area contributed by atoms with Gasteiger partial charge in [0.1, 0.15) is 11.0 Å². The van der Waals surface area contributed by atoms with Crippen LogP contribution in [0, 0.1) is 5.82 Å². The summed E-state index contributed by atoms with van der Waals surface area (Å²) in [4.78, 5) is 15.6. The van der Waals surface area contributed by atoms with Gasteiger partial charge in [-0.3, -0.25) is 0 Å². The van der Waals surface area contributed by atoms with Crippen molar-refractivity contribution in [3.8, 4) is 11.3 Å². The highest BCUT2D eigenvalue weighted by molar-refractivity contribution is 6.37. The minimum atomic E-state index is -0.613. The van der Waals surface area contributed by atoms with Crippen LogP contribution in [0.2, 0.25) is 10.2 Å². The number of benzene rings is 1. The van der Waals surface area contributed by atoms with Crippen LogP contribution in [0.4, 0.5) is 4.39 Å².